The van der Waals surface area contributed by atoms with E-state index in [9.17, 15) is 9.90 Å². The molecular formula is C19H37N2NaO3. The predicted molar refractivity (Wildman–Crippen MR) is 98.4 cm³/mol. The molecule has 0 heterocycles. The Balaban J connectivity index is 0. The van der Waals surface area contributed by atoms with Crippen molar-refractivity contribution in [1.82, 2.24) is 5.32 Å². The molecule has 0 saturated heterocycles. The topological polar surface area (TPSA) is 84.8 Å². The third-order valence-electron chi connectivity index (χ3n) is 4.25. The van der Waals surface area contributed by atoms with Crippen molar-refractivity contribution in [3.63, 3.8) is 0 Å². The first kappa shape index (κ1) is 27.1. The van der Waals surface area contributed by atoms with Crippen LogP contribution in [0.5, 0.6) is 0 Å². The fraction of sp³-hybridized carbons (Fsp3) is 0.895. The van der Waals surface area contributed by atoms with Crippen molar-refractivity contribution < 1.29 is 44.6 Å². The fourth-order valence-electron chi connectivity index (χ4n) is 2.58. The average Bonchev–Trinajstić information content (AvgIpc) is 2.53. The van der Waals surface area contributed by atoms with Crippen LogP contribution < -0.4 is 40.0 Å². The van der Waals surface area contributed by atoms with E-state index in [2.05, 4.69) is 17.2 Å². The first-order chi connectivity index (χ1) is 11.4. The quantitative estimate of drug-likeness (QED) is 0.190. The maximum absolute atomic E-state index is 12.0. The van der Waals surface area contributed by atoms with E-state index in [4.69, 9.17) is 5.11 Å². The summed E-state index contributed by atoms with van der Waals surface area (Å²) in [6.07, 6.45) is 11.4. The Morgan fingerprint density at radius 3 is 1.92 bits per heavy atom. The molecule has 0 bridgehead atoms. The molecular weight excluding hydrogens is 327 g/mol. The molecule has 0 spiro atoms. The molecule has 0 aromatic carbocycles. The summed E-state index contributed by atoms with van der Waals surface area (Å²) in [6, 6.07) is -1.37. The molecule has 142 valence electrons. The molecule has 0 fully saturated rings. The van der Waals surface area contributed by atoms with Gasteiger partial charge in [0.1, 0.15) is 6.04 Å². The molecule has 0 aromatic heterocycles. The van der Waals surface area contributed by atoms with Gasteiger partial charge in [0, 0.05) is 6.04 Å². The molecule has 0 aliphatic heterocycles. The molecule has 0 radical (unpaired) electrons. The van der Waals surface area contributed by atoms with Gasteiger partial charge in [-0.05, 0) is 31.7 Å². The molecule has 0 aromatic rings. The van der Waals surface area contributed by atoms with Gasteiger partial charge in [-0.2, -0.15) is 0 Å². The normalized spacial score (nSPS) is 14.2. The molecule has 0 rings (SSSR count). The van der Waals surface area contributed by atoms with E-state index in [1.807, 2.05) is 0 Å². The van der Waals surface area contributed by atoms with Gasteiger partial charge < -0.3 is 15.5 Å². The third-order valence-corrected chi connectivity index (χ3v) is 4.25. The summed E-state index contributed by atoms with van der Waals surface area (Å²) >= 11 is 0. The van der Waals surface area contributed by atoms with Crippen LogP contribution >= 0.6 is 0 Å². The number of aliphatic imine (C=N–C) groups is 1. The number of unbranched alkanes of at least 4 members (excludes halogenated alkanes) is 8. The first-order valence-corrected chi connectivity index (χ1v) is 9.61. The van der Waals surface area contributed by atoms with Crippen LogP contribution in [0.1, 0.15) is 85.5 Å². The van der Waals surface area contributed by atoms with E-state index < -0.39 is 18.1 Å². The van der Waals surface area contributed by atoms with Crippen LogP contribution in [0.2, 0.25) is 0 Å². The van der Waals surface area contributed by atoms with Crippen LogP contribution in [0.15, 0.2) is 4.99 Å². The molecule has 6 heteroatoms. The predicted octanol–water partition coefficient (Wildman–Crippen LogP) is 0.367. The number of hydrogen-bond donors (Lipinski definition) is 2. The standard InChI is InChI=1S/C19H38N2O3.Na/c1-5-6-7-8-9-10-11-12-13-14-20-16(4)18(22)21-17(15(2)3)19(23)24;/h15-17,20H,5-14H2,1-4H3,(H,21,22)(H,23,24);/q;+1/p-1/t16-,17-;/m0./s1. The second kappa shape index (κ2) is 17.3. The average molecular weight is 365 g/mol. The number of nitrogens with one attached hydrogen (secondary N) is 1. The Bertz CT molecular complexity index is 363. The van der Waals surface area contributed by atoms with E-state index in [1.54, 1.807) is 20.8 Å². The van der Waals surface area contributed by atoms with E-state index in [0.29, 0.717) is 0 Å². The largest absolute Gasteiger partial charge is 1.00 e. The Kier molecular flexibility index (Phi) is 18.8. The molecule has 0 saturated carbocycles. The van der Waals surface area contributed by atoms with Crippen LogP contribution in [0.4, 0.5) is 0 Å². The SMILES string of the molecule is CCCCCCCCCCCN[C@@H](C)C([O-])=N[C@H](C(=O)O)C(C)C.[Na+]. The molecule has 0 aliphatic rings. The minimum atomic E-state index is -1.04. The first-order valence-electron chi connectivity index (χ1n) is 9.61. The van der Waals surface area contributed by atoms with Crippen molar-refractivity contribution in [2.45, 2.75) is 97.6 Å². The zero-order chi connectivity index (χ0) is 18.4. The summed E-state index contributed by atoms with van der Waals surface area (Å²) in [5, 5.41) is 24.2. The van der Waals surface area contributed by atoms with Gasteiger partial charge in [0.15, 0.2) is 0 Å². The molecule has 25 heavy (non-hydrogen) atoms. The molecule has 0 aliphatic carbocycles. The summed E-state index contributed by atoms with van der Waals surface area (Å²) in [5.74, 6) is -1.59. The minimum Gasteiger partial charge on any atom is -0.861 e. The zero-order valence-corrected chi connectivity index (χ0v) is 19.0. The van der Waals surface area contributed by atoms with Crippen LogP contribution in [0.25, 0.3) is 0 Å². The molecule has 5 nitrogen and oxygen atoms in total. The van der Waals surface area contributed by atoms with Crippen molar-refractivity contribution >= 4 is 11.9 Å². The summed E-state index contributed by atoms with van der Waals surface area (Å²) in [5.41, 5.74) is 0. The van der Waals surface area contributed by atoms with E-state index in [-0.39, 0.29) is 41.4 Å². The molecule has 2 N–H and O–H groups in total. The smallest absolute Gasteiger partial charge is 0.861 e. The second-order valence-electron chi connectivity index (χ2n) is 7.00. The Labute approximate surface area is 176 Å². The second-order valence-corrected chi connectivity index (χ2v) is 7.00. The van der Waals surface area contributed by atoms with Gasteiger partial charge in [0.25, 0.3) is 0 Å². The number of carboxylic acids is 1. The van der Waals surface area contributed by atoms with Crippen molar-refractivity contribution in [2.24, 2.45) is 10.9 Å². The summed E-state index contributed by atoms with van der Waals surface area (Å²) < 4.78 is 0. The summed E-state index contributed by atoms with van der Waals surface area (Å²) in [7, 11) is 0. The van der Waals surface area contributed by atoms with Crippen LogP contribution in [0.3, 0.4) is 0 Å². The fourth-order valence-corrected chi connectivity index (χ4v) is 2.58. The molecule has 2 atom stereocenters. The van der Waals surface area contributed by atoms with Gasteiger partial charge in [0.2, 0.25) is 0 Å². The van der Waals surface area contributed by atoms with E-state index >= 15 is 0 Å². The van der Waals surface area contributed by atoms with Gasteiger partial charge in [-0.15, -0.1) is 0 Å². The van der Waals surface area contributed by atoms with Crippen molar-refractivity contribution in [3.05, 3.63) is 0 Å². The van der Waals surface area contributed by atoms with Crippen LogP contribution in [0, 0.1) is 5.92 Å². The van der Waals surface area contributed by atoms with Crippen LogP contribution in [-0.2, 0) is 4.79 Å². The minimum absolute atomic E-state index is 0. The van der Waals surface area contributed by atoms with Gasteiger partial charge in [-0.1, -0.05) is 72.1 Å². The van der Waals surface area contributed by atoms with Crippen LogP contribution in [-0.4, -0.2) is 35.6 Å². The molecule has 0 amide bonds. The summed E-state index contributed by atoms with van der Waals surface area (Å²) in [4.78, 5) is 14.9. The number of nitrogens with zero attached hydrogens (tertiary/aromatic N) is 1. The van der Waals surface area contributed by atoms with Gasteiger partial charge in [-0.3, -0.25) is 4.99 Å². The van der Waals surface area contributed by atoms with Gasteiger partial charge in [0.05, 0.1) is 0 Å². The monoisotopic (exact) mass is 364 g/mol. The van der Waals surface area contributed by atoms with Crippen molar-refractivity contribution in [1.29, 1.82) is 0 Å². The Hall–Kier alpha value is -0.100. The van der Waals surface area contributed by atoms with Gasteiger partial charge in [-0.25, -0.2) is 4.79 Å². The van der Waals surface area contributed by atoms with Crippen molar-refractivity contribution in [2.75, 3.05) is 6.54 Å². The number of carboxylic acid groups (broad SMARTS) is 1. The maximum atomic E-state index is 12.0. The number of rotatable bonds is 15. The molecule has 0 unspecified atom stereocenters. The van der Waals surface area contributed by atoms with E-state index in [0.717, 1.165) is 13.0 Å². The number of carbonyl (C=O) groups is 1. The van der Waals surface area contributed by atoms with Crippen molar-refractivity contribution in [3.8, 4) is 0 Å². The maximum Gasteiger partial charge on any atom is 1.00 e. The Morgan fingerprint density at radius 2 is 1.48 bits per heavy atom. The number of aliphatic carboxylic acids is 1. The Morgan fingerprint density at radius 1 is 1.00 bits per heavy atom. The van der Waals surface area contributed by atoms with Gasteiger partial charge >= 0.3 is 35.5 Å². The zero-order valence-electron chi connectivity index (χ0n) is 17.0. The third kappa shape index (κ3) is 14.7. The summed E-state index contributed by atoms with van der Waals surface area (Å²) in [6.45, 7) is 8.28. The number of hydrogen-bond acceptors (Lipinski definition) is 4. The van der Waals surface area contributed by atoms with E-state index in [1.165, 1.54) is 51.4 Å².